The minimum absolute atomic E-state index is 0.00277. The van der Waals surface area contributed by atoms with Crippen LogP contribution in [-0.4, -0.2) is 19.1 Å². The minimum atomic E-state index is -0.00277. The Morgan fingerprint density at radius 2 is 2.30 bits per heavy atom. The van der Waals surface area contributed by atoms with Gasteiger partial charge in [-0.1, -0.05) is 6.07 Å². The van der Waals surface area contributed by atoms with Crippen LogP contribution in [0.1, 0.15) is 34.8 Å². The molecule has 0 spiro atoms. The van der Waals surface area contributed by atoms with Crippen LogP contribution >= 0.6 is 11.3 Å². The summed E-state index contributed by atoms with van der Waals surface area (Å²) in [6, 6.07) is 6.26. The molecular weight excluding hydrogens is 272 g/mol. The third kappa shape index (κ3) is 2.39. The fraction of sp³-hybridized carbons (Fsp3) is 0.400. The second-order valence-corrected chi connectivity index (χ2v) is 5.94. The Morgan fingerprint density at radius 3 is 2.95 bits per heavy atom. The Bertz CT molecular complexity index is 612. The van der Waals surface area contributed by atoms with Crippen molar-refractivity contribution in [3.05, 3.63) is 39.8 Å². The summed E-state index contributed by atoms with van der Waals surface area (Å²) in [6.07, 6.45) is 0.885. The van der Waals surface area contributed by atoms with Gasteiger partial charge >= 0.3 is 0 Å². The Morgan fingerprint density at radius 1 is 1.45 bits per heavy atom. The number of thiazole rings is 1. The number of nitrogens with zero attached hydrogens (tertiary/aromatic N) is 1. The summed E-state index contributed by atoms with van der Waals surface area (Å²) >= 11 is 1.66. The lowest BCUT2D eigenvalue weighted by atomic mass is 9.95. The molecule has 1 aliphatic rings. The van der Waals surface area contributed by atoms with Crippen molar-refractivity contribution < 1.29 is 9.47 Å². The molecule has 0 aliphatic carbocycles. The van der Waals surface area contributed by atoms with Crippen LogP contribution in [0.3, 0.4) is 0 Å². The van der Waals surface area contributed by atoms with Crippen molar-refractivity contribution in [2.45, 2.75) is 25.5 Å². The highest BCUT2D eigenvalue weighted by Gasteiger charge is 2.30. The Kier molecular flexibility index (Phi) is 3.63. The minimum Gasteiger partial charge on any atom is -0.497 e. The van der Waals surface area contributed by atoms with Gasteiger partial charge in [0.1, 0.15) is 17.6 Å². The first-order valence-electron chi connectivity index (χ1n) is 6.65. The van der Waals surface area contributed by atoms with Crippen LogP contribution in [0.15, 0.2) is 23.6 Å². The van der Waals surface area contributed by atoms with Crippen LogP contribution in [0.25, 0.3) is 0 Å². The Hall–Kier alpha value is -1.59. The monoisotopic (exact) mass is 290 g/mol. The molecular formula is C15H18N2O2S. The molecule has 0 saturated heterocycles. The van der Waals surface area contributed by atoms with Crippen molar-refractivity contribution in [1.29, 1.82) is 0 Å². The lowest BCUT2D eigenvalue weighted by Gasteiger charge is -2.31. The summed E-state index contributed by atoms with van der Waals surface area (Å²) in [6.45, 7) is 2.02. The molecule has 2 aromatic rings. The number of aromatic nitrogens is 1. The quantitative estimate of drug-likeness (QED) is 0.942. The SMILES string of the molecule is CNC1CC(c2csc(C)n2)Oc2cc(OC)ccc21. The van der Waals surface area contributed by atoms with Crippen LogP contribution in [0, 0.1) is 6.92 Å². The maximum atomic E-state index is 6.13. The second-order valence-electron chi connectivity index (χ2n) is 4.88. The van der Waals surface area contributed by atoms with Gasteiger partial charge < -0.3 is 14.8 Å². The molecule has 106 valence electrons. The normalized spacial score (nSPS) is 21.1. The molecule has 0 radical (unpaired) electrons. The largest absolute Gasteiger partial charge is 0.497 e. The second kappa shape index (κ2) is 5.42. The van der Waals surface area contributed by atoms with Crippen LogP contribution in [0.5, 0.6) is 11.5 Å². The van der Waals surface area contributed by atoms with E-state index < -0.39 is 0 Å². The van der Waals surface area contributed by atoms with E-state index in [1.165, 1.54) is 5.56 Å². The van der Waals surface area contributed by atoms with Crippen molar-refractivity contribution in [3.8, 4) is 11.5 Å². The summed E-state index contributed by atoms with van der Waals surface area (Å²) in [5, 5.41) is 6.51. The average Bonchev–Trinajstić information content (AvgIpc) is 2.92. The van der Waals surface area contributed by atoms with Crippen molar-refractivity contribution in [2.75, 3.05) is 14.2 Å². The van der Waals surface area contributed by atoms with E-state index in [9.17, 15) is 0 Å². The van der Waals surface area contributed by atoms with Crippen LogP contribution in [0.4, 0.5) is 0 Å². The maximum Gasteiger partial charge on any atom is 0.143 e. The number of hydrogen-bond acceptors (Lipinski definition) is 5. The molecule has 0 saturated carbocycles. The van der Waals surface area contributed by atoms with Gasteiger partial charge in [0, 0.05) is 29.5 Å². The highest BCUT2D eigenvalue weighted by atomic mass is 32.1. The van der Waals surface area contributed by atoms with Gasteiger partial charge in [0.25, 0.3) is 0 Å². The smallest absolute Gasteiger partial charge is 0.143 e. The van der Waals surface area contributed by atoms with Gasteiger partial charge in [-0.2, -0.15) is 0 Å². The zero-order valence-corrected chi connectivity index (χ0v) is 12.7. The van der Waals surface area contributed by atoms with Crippen molar-refractivity contribution in [1.82, 2.24) is 10.3 Å². The van der Waals surface area contributed by atoms with Gasteiger partial charge in [0.15, 0.2) is 0 Å². The zero-order valence-electron chi connectivity index (χ0n) is 11.8. The topological polar surface area (TPSA) is 43.4 Å². The summed E-state index contributed by atoms with van der Waals surface area (Å²) in [5.74, 6) is 1.69. The van der Waals surface area contributed by atoms with Gasteiger partial charge in [-0.3, -0.25) is 0 Å². The summed E-state index contributed by atoms with van der Waals surface area (Å²) in [7, 11) is 3.65. The molecule has 1 aliphatic heterocycles. The fourth-order valence-electron chi connectivity index (χ4n) is 2.56. The molecule has 2 heterocycles. The molecule has 20 heavy (non-hydrogen) atoms. The highest BCUT2D eigenvalue weighted by Crippen LogP contribution is 2.42. The number of hydrogen-bond donors (Lipinski definition) is 1. The van der Waals surface area contributed by atoms with Crippen molar-refractivity contribution in [3.63, 3.8) is 0 Å². The highest BCUT2D eigenvalue weighted by molar-refractivity contribution is 7.09. The van der Waals surface area contributed by atoms with Crippen LogP contribution < -0.4 is 14.8 Å². The van der Waals surface area contributed by atoms with E-state index in [1.54, 1.807) is 18.4 Å². The molecule has 1 aromatic carbocycles. The molecule has 2 atom stereocenters. The van der Waals surface area contributed by atoms with Crippen LogP contribution in [-0.2, 0) is 0 Å². The number of rotatable bonds is 3. The summed E-state index contributed by atoms with van der Waals surface area (Å²) in [5.41, 5.74) is 2.19. The fourth-order valence-corrected chi connectivity index (χ4v) is 3.21. The van der Waals surface area contributed by atoms with E-state index in [0.29, 0.717) is 0 Å². The molecule has 3 rings (SSSR count). The van der Waals surface area contributed by atoms with E-state index in [0.717, 1.165) is 28.6 Å². The molecule has 0 bridgehead atoms. The predicted octanol–water partition coefficient (Wildman–Crippen LogP) is 3.24. The van der Waals surface area contributed by atoms with Gasteiger partial charge in [-0.05, 0) is 20.0 Å². The summed E-state index contributed by atoms with van der Waals surface area (Å²) in [4.78, 5) is 4.55. The third-order valence-electron chi connectivity index (χ3n) is 3.63. The first-order valence-corrected chi connectivity index (χ1v) is 7.53. The first kappa shape index (κ1) is 13.4. The van der Waals surface area contributed by atoms with E-state index in [2.05, 4.69) is 21.7 Å². The average molecular weight is 290 g/mol. The number of aryl methyl sites for hydroxylation is 1. The van der Waals surface area contributed by atoms with E-state index in [1.807, 2.05) is 26.1 Å². The van der Waals surface area contributed by atoms with Crippen molar-refractivity contribution in [2.24, 2.45) is 0 Å². The predicted molar refractivity (Wildman–Crippen MR) is 79.6 cm³/mol. The third-order valence-corrected chi connectivity index (χ3v) is 4.42. The van der Waals surface area contributed by atoms with E-state index >= 15 is 0 Å². The van der Waals surface area contributed by atoms with Crippen LogP contribution in [0.2, 0.25) is 0 Å². The summed E-state index contributed by atoms with van der Waals surface area (Å²) < 4.78 is 11.4. The number of methoxy groups -OCH3 is 1. The number of nitrogens with one attached hydrogen (secondary N) is 1. The molecule has 2 unspecified atom stereocenters. The number of fused-ring (bicyclic) bond motifs is 1. The first-order chi connectivity index (χ1) is 9.71. The van der Waals surface area contributed by atoms with Gasteiger partial charge in [-0.15, -0.1) is 11.3 Å². The molecule has 5 heteroatoms. The molecule has 0 amide bonds. The van der Waals surface area contributed by atoms with Gasteiger partial charge in [0.2, 0.25) is 0 Å². The molecule has 4 nitrogen and oxygen atoms in total. The number of benzene rings is 1. The standard InChI is InChI=1S/C15H18N2O2S/c1-9-17-13(8-20-9)15-7-12(16-2)11-5-4-10(18-3)6-14(11)19-15/h4-6,8,12,15-16H,7H2,1-3H3. The molecule has 1 N–H and O–H groups in total. The Labute approximate surface area is 122 Å². The van der Waals surface area contributed by atoms with E-state index in [4.69, 9.17) is 9.47 Å². The van der Waals surface area contributed by atoms with Gasteiger partial charge in [0.05, 0.1) is 17.8 Å². The van der Waals surface area contributed by atoms with Gasteiger partial charge in [-0.25, -0.2) is 4.98 Å². The lowest BCUT2D eigenvalue weighted by molar-refractivity contribution is 0.149. The van der Waals surface area contributed by atoms with E-state index in [-0.39, 0.29) is 12.1 Å². The maximum absolute atomic E-state index is 6.13. The Balaban J connectivity index is 1.95. The zero-order chi connectivity index (χ0) is 14.1. The van der Waals surface area contributed by atoms with Crippen molar-refractivity contribution >= 4 is 11.3 Å². The molecule has 0 fully saturated rings. The lowest BCUT2D eigenvalue weighted by Crippen LogP contribution is -2.26. The molecule has 1 aromatic heterocycles. The number of ether oxygens (including phenoxy) is 2.